The molecule has 1 N–H and O–H groups in total. The molecular formula is C15H16Cl2N4O. The average Bonchev–Trinajstić information content (AvgIpc) is 3.11. The van der Waals surface area contributed by atoms with E-state index >= 15 is 0 Å². The fraction of sp³-hybridized carbons (Fsp3) is 0.333. The molecule has 0 saturated heterocycles. The molecule has 0 atom stereocenters. The fourth-order valence-corrected chi connectivity index (χ4v) is 2.73. The highest BCUT2D eigenvalue weighted by Gasteiger charge is 2.22. The van der Waals surface area contributed by atoms with Crippen LogP contribution in [0.5, 0.6) is 0 Å². The lowest BCUT2D eigenvalue weighted by Gasteiger charge is -2.13. The monoisotopic (exact) mass is 338 g/mol. The minimum atomic E-state index is -0.0703. The maximum absolute atomic E-state index is 12.1. The van der Waals surface area contributed by atoms with Crippen LogP contribution in [0.1, 0.15) is 6.42 Å². The van der Waals surface area contributed by atoms with Crippen LogP contribution in [0.3, 0.4) is 0 Å². The van der Waals surface area contributed by atoms with Gasteiger partial charge in [-0.3, -0.25) is 14.7 Å². The minimum absolute atomic E-state index is 0.0703. The number of halogens is 2. The summed E-state index contributed by atoms with van der Waals surface area (Å²) in [6.45, 7) is 2.19. The molecule has 0 bridgehead atoms. The molecule has 0 fully saturated rings. The zero-order valence-corrected chi connectivity index (χ0v) is 13.7. The Morgan fingerprint density at radius 1 is 1.32 bits per heavy atom. The lowest BCUT2D eigenvalue weighted by molar-refractivity contribution is -0.116. The molecule has 0 spiro atoms. The van der Waals surface area contributed by atoms with Gasteiger partial charge in [-0.15, -0.1) is 0 Å². The van der Waals surface area contributed by atoms with Crippen LogP contribution in [0.25, 0.3) is 0 Å². The number of anilines is 1. The van der Waals surface area contributed by atoms with Crippen molar-refractivity contribution in [1.29, 1.82) is 0 Å². The van der Waals surface area contributed by atoms with Crippen molar-refractivity contribution in [2.45, 2.75) is 6.42 Å². The highest BCUT2D eigenvalue weighted by atomic mass is 35.5. The number of rotatable bonds is 2. The number of amides is 1. The van der Waals surface area contributed by atoms with Crippen LogP contribution in [-0.4, -0.2) is 43.3 Å². The molecule has 0 radical (unpaired) electrons. The minimum Gasteiger partial charge on any atom is -0.309 e. The van der Waals surface area contributed by atoms with Crippen LogP contribution >= 0.6 is 23.2 Å². The van der Waals surface area contributed by atoms with Gasteiger partial charge in [0.15, 0.2) is 0 Å². The molecule has 1 aromatic rings. The first kappa shape index (κ1) is 15.3. The third kappa shape index (κ3) is 3.27. The van der Waals surface area contributed by atoms with E-state index in [9.17, 15) is 4.79 Å². The van der Waals surface area contributed by atoms with E-state index < -0.39 is 0 Å². The Morgan fingerprint density at radius 2 is 2.14 bits per heavy atom. The lowest BCUT2D eigenvalue weighted by Crippen LogP contribution is -2.32. The number of likely N-dealkylation sites (N-methyl/N-ethyl adjacent to an activating group) is 1. The van der Waals surface area contributed by atoms with Crippen molar-refractivity contribution in [3.8, 4) is 0 Å². The zero-order chi connectivity index (χ0) is 15.7. The molecule has 0 saturated carbocycles. The first-order valence-electron chi connectivity index (χ1n) is 7.02. The highest BCUT2D eigenvalue weighted by molar-refractivity contribution is 6.42. The maximum Gasteiger partial charge on any atom is 0.253 e. The quantitative estimate of drug-likeness (QED) is 0.901. The van der Waals surface area contributed by atoms with E-state index in [-0.39, 0.29) is 5.91 Å². The van der Waals surface area contributed by atoms with Crippen LogP contribution in [0.15, 0.2) is 34.9 Å². The van der Waals surface area contributed by atoms with E-state index in [0.29, 0.717) is 35.4 Å². The van der Waals surface area contributed by atoms with Gasteiger partial charge in [0.1, 0.15) is 5.84 Å². The van der Waals surface area contributed by atoms with E-state index in [0.717, 1.165) is 17.8 Å². The largest absolute Gasteiger partial charge is 0.309 e. The van der Waals surface area contributed by atoms with Crippen LogP contribution in [-0.2, 0) is 4.79 Å². The number of hydrogen-bond acceptors (Lipinski definition) is 4. The Balaban J connectivity index is 1.66. The summed E-state index contributed by atoms with van der Waals surface area (Å²) in [6, 6.07) is 5.37. The number of nitrogens with zero attached hydrogens (tertiary/aromatic N) is 3. The number of carbonyl (C=O) groups excluding carboxylic acids is 1. The van der Waals surface area contributed by atoms with Crippen molar-refractivity contribution in [1.82, 2.24) is 10.2 Å². The second-order valence-electron chi connectivity index (χ2n) is 5.40. The lowest BCUT2D eigenvalue weighted by atomic mass is 10.2. The first-order valence-corrected chi connectivity index (χ1v) is 7.77. The standard InChI is InChI=1S/C15H16Cl2N4O/c1-20-6-4-10(9-20)15(22)18-14-5-7-21(19-14)11-2-3-12(16)13(17)8-11/h2-4,8H,5-7,9H2,1H3,(H,18,19,22). The van der Waals surface area contributed by atoms with E-state index in [4.69, 9.17) is 23.2 Å². The topological polar surface area (TPSA) is 47.9 Å². The number of benzene rings is 1. The Kier molecular flexibility index (Phi) is 4.38. The molecule has 7 heteroatoms. The fourth-order valence-electron chi connectivity index (χ4n) is 2.44. The van der Waals surface area contributed by atoms with Crippen molar-refractivity contribution in [3.63, 3.8) is 0 Å². The second-order valence-corrected chi connectivity index (χ2v) is 6.21. The number of amidine groups is 1. The summed E-state index contributed by atoms with van der Waals surface area (Å²) in [4.78, 5) is 14.2. The smallest absolute Gasteiger partial charge is 0.253 e. The van der Waals surface area contributed by atoms with E-state index in [1.165, 1.54) is 0 Å². The summed E-state index contributed by atoms with van der Waals surface area (Å²) in [5.74, 6) is 0.602. The predicted molar refractivity (Wildman–Crippen MR) is 89.6 cm³/mol. The zero-order valence-electron chi connectivity index (χ0n) is 12.1. The van der Waals surface area contributed by atoms with Gasteiger partial charge in [0.2, 0.25) is 0 Å². The molecule has 2 aliphatic rings. The number of hydrazone groups is 1. The Morgan fingerprint density at radius 3 is 2.82 bits per heavy atom. The number of carbonyl (C=O) groups is 1. The Labute approximate surface area is 139 Å². The first-order chi connectivity index (χ1) is 10.5. The third-order valence-electron chi connectivity index (χ3n) is 3.64. The van der Waals surface area contributed by atoms with Crippen molar-refractivity contribution in [2.75, 3.05) is 31.7 Å². The molecule has 0 aliphatic carbocycles. The number of nitrogens with one attached hydrogen (secondary N) is 1. The molecule has 0 unspecified atom stereocenters. The van der Waals surface area contributed by atoms with Gasteiger partial charge in [-0.25, -0.2) is 0 Å². The van der Waals surface area contributed by atoms with Gasteiger partial charge in [-0.1, -0.05) is 29.3 Å². The van der Waals surface area contributed by atoms with E-state index in [1.807, 2.05) is 24.2 Å². The maximum atomic E-state index is 12.1. The van der Waals surface area contributed by atoms with Crippen LogP contribution in [0.2, 0.25) is 10.0 Å². The summed E-state index contributed by atoms with van der Waals surface area (Å²) in [5.41, 5.74) is 1.65. The Bertz CT molecular complexity index is 672. The molecule has 5 nitrogen and oxygen atoms in total. The van der Waals surface area contributed by atoms with Gasteiger partial charge in [-0.05, 0) is 25.2 Å². The van der Waals surface area contributed by atoms with Gasteiger partial charge < -0.3 is 5.32 Å². The summed E-state index contributed by atoms with van der Waals surface area (Å²) in [6.07, 6.45) is 2.64. The molecule has 3 rings (SSSR count). The molecule has 2 aliphatic heterocycles. The van der Waals surface area contributed by atoms with Crippen molar-refractivity contribution in [3.05, 3.63) is 39.9 Å². The molecule has 1 amide bonds. The molecule has 0 aromatic heterocycles. The molecule has 116 valence electrons. The van der Waals surface area contributed by atoms with Gasteiger partial charge in [0.05, 0.1) is 15.7 Å². The molecular weight excluding hydrogens is 323 g/mol. The van der Waals surface area contributed by atoms with Gasteiger partial charge in [0.25, 0.3) is 5.91 Å². The van der Waals surface area contributed by atoms with E-state index in [2.05, 4.69) is 15.3 Å². The molecule has 2 heterocycles. The van der Waals surface area contributed by atoms with Crippen LogP contribution in [0, 0.1) is 0 Å². The second kappa shape index (κ2) is 6.28. The normalized spacial score (nSPS) is 18.4. The summed E-state index contributed by atoms with van der Waals surface area (Å²) < 4.78 is 0. The summed E-state index contributed by atoms with van der Waals surface area (Å²) >= 11 is 11.9. The highest BCUT2D eigenvalue weighted by Crippen LogP contribution is 2.28. The Hall–Kier alpha value is -1.56. The van der Waals surface area contributed by atoms with Gasteiger partial charge in [-0.2, -0.15) is 5.10 Å². The number of hydrogen-bond donors (Lipinski definition) is 1. The van der Waals surface area contributed by atoms with Crippen LogP contribution < -0.4 is 10.3 Å². The van der Waals surface area contributed by atoms with Crippen LogP contribution in [0.4, 0.5) is 5.69 Å². The third-order valence-corrected chi connectivity index (χ3v) is 4.38. The van der Waals surface area contributed by atoms with Crippen molar-refractivity contribution in [2.24, 2.45) is 5.10 Å². The van der Waals surface area contributed by atoms with Crippen molar-refractivity contribution >= 4 is 40.6 Å². The summed E-state index contributed by atoms with van der Waals surface area (Å²) in [7, 11) is 1.98. The van der Waals surface area contributed by atoms with Crippen molar-refractivity contribution < 1.29 is 4.79 Å². The SMILES string of the molecule is CN1CC=C(C(=O)NC2=NN(c3ccc(Cl)c(Cl)c3)CC2)C1. The van der Waals surface area contributed by atoms with E-state index in [1.54, 1.807) is 12.1 Å². The predicted octanol–water partition coefficient (Wildman–Crippen LogP) is 2.51. The average molecular weight is 339 g/mol. The van der Waals surface area contributed by atoms with Gasteiger partial charge >= 0.3 is 0 Å². The molecule has 22 heavy (non-hydrogen) atoms. The molecule has 1 aromatic carbocycles. The summed E-state index contributed by atoms with van der Waals surface area (Å²) in [5, 5.41) is 10.1. The van der Waals surface area contributed by atoms with Gasteiger partial charge in [0, 0.05) is 31.6 Å².